The molecule has 30 heavy (non-hydrogen) atoms. The van der Waals surface area contributed by atoms with Crippen LogP contribution in [-0.4, -0.2) is 36.2 Å². The summed E-state index contributed by atoms with van der Waals surface area (Å²) in [6, 6.07) is 12.7. The van der Waals surface area contributed by atoms with Gasteiger partial charge in [-0.25, -0.2) is 13.4 Å². The number of carbonyl (C=O) groups excluding carboxylic acids is 1. The Morgan fingerprint density at radius 3 is 2.57 bits per heavy atom. The second kappa shape index (κ2) is 7.60. The van der Waals surface area contributed by atoms with Gasteiger partial charge >= 0.3 is 0 Å². The number of rotatable bonds is 5. The molecule has 1 aliphatic heterocycles. The number of nitrogens with zero attached hydrogens (tertiary/aromatic N) is 3. The van der Waals surface area contributed by atoms with Gasteiger partial charge in [-0.05, 0) is 61.7 Å². The fourth-order valence-corrected chi connectivity index (χ4v) is 5.18. The van der Waals surface area contributed by atoms with Crippen LogP contribution in [0, 0.1) is 6.92 Å². The van der Waals surface area contributed by atoms with E-state index in [9.17, 15) is 13.2 Å². The van der Waals surface area contributed by atoms with Crippen LogP contribution in [0.5, 0.6) is 0 Å². The second-order valence-electron chi connectivity index (χ2n) is 7.71. The molecule has 3 aromatic rings. The van der Waals surface area contributed by atoms with Crippen LogP contribution >= 0.6 is 0 Å². The third kappa shape index (κ3) is 3.95. The quantitative estimate of drug-likeness (QED) is 0.682. The number of anilines is 2. The van der Waals surface area contributed by atoms with E-state index in [1.54, 1.807) is 24.4 Å². The highest BCUT2D eigenvalue weighted by Crippen LogP contribution is 2.34. The molecule has 1 N–H and O–H groups in total. The van der Waals surface area contributed by atoms with E-state index in [-0.39, 0.29) is 11.9 Å². The van der Waals surface area contributed by atoms with Gasteiger partial charge in [-0.15, -0.1) is 0 Å². The highest BCUT2D eigenvalue weighted by Gasteiger charge is 2.32. The Morgan fingerprint density at radius 2 is 1.93 bits per heavy atom. The summed E-state index contributed by atoms with van der Waals surface area (Å²) in [5, 5.41) is 2.91. The lowest BCUT2D eigenvalue weighted by atomic mass is 10.1. The third-order valence-corrected chi connectivity index (χ3v) is 6.61. The van der Waals surface area contributed by atoms with E-state index in [0.717, 1.165) is 23.5 Å². The van der Waals surface area contributed by atoms with Crippen LogP contribution < -0.4 is 9.62 Å². The van der Waals surface area contributed by atoms with E-state index >= 15 is 0 Å². The van der Waals surface area contributed by atoms with E-state index in [0.29, 0.717) is 23.4 Å². The molecular weight excluding hydrogens is 400 g/mol. The van der Waals surface area contributed by atoms with Crippen LogP contribution in [0.4, 0.5) is 11.4 Å². The monoisotopic (exact) mass is 424 g/mol. The lowest BCUT2D eigenvalue weighted by Gasteiger charge is -2.21. The number of hydrogen-bond donors (Lipinski definition) is 1. The molecule has 8 heteroatoms. The van der Waals surface area contributed by atoms with Crippen molar-refractivity contribution in [2.45, 2.75) is 32.9 Å². The van der Waals surface area contributed by atoms with Crippen molar-refractivity contribution in [1.82, 2.24) is 9.55 Å². The minimum Gasteiger partial charge on any atom is -0.331 e. The first-order chi connectivity index (χ1) is 14.2. The minimum absolute atomic E-state index is 0.153. The maximum absolute atomic E-state index is 12.7. The van der Waals surface area contributed by atoms with Crippen LogP contribution in [-0.2, 0) is 23.0 Å². The molecule has 0 saturated carbocycles. The van der Waals surface area contributed by atoms with Crippen molar-refractivity contribution in [1.29, 1.82) is 0 Å². The maximum Gasteiger partial charge on any atom is 0.255 e. The molecule has 2 heterocycles. The molecule has 2 aromatic carbocycles. The van der Waals surface area contributed by atoms with Crippen LogP contribution in [0.3, 0.4) is 0 Å². The molecule has 1 atom stereocenters. The van der Waals surface area contributed by atoms with Gasteiger partial charge in [-0.1, -0.05) is 12.1 Å². The zero-order chi connectivity index (χ0) is 21.5. The molecule has 1 aliphatic rings. The van der Waals surface area contributed by atoms with Gasteiger partial charge in [0.2, 0.25) is 10.0 Å². The Balaban J connectivity index is 1.47. The van der Waals surface area contributed by atoms with Gasteiger partial charge in [0.1, 0.15) is 5.82 Å². The fraction of sp³-hybridized carbons (Fsp3) is 0.273. The van der Waals surface area contributed by atoms with Gasteiger partial charge in [0.15, 0.2) is 0 Å². The Labute approximate surface area is 176 Å². The standard InChI is InChI=1S/C22H24N4O3S/c1-15-12-19-13-18(6-9-21(19)26(15)30(3,28)29)22(27)24-20-7-4-17(5-8-20)14-25-11-10-23-16(25)2/h4-11,13,15H,12,14H2,1-3H3,(H,24,27). The van der Waals surface area contributed by atoms with Crippen molar-refractivity contribution in [3.05, 3.63) is 77.4 Å². The molecule has 0 radical (unpaired) electrons. The van der Waals surface area contributed by atoms with Crippen molar-refractivity contribution >= 4 is 27.3 Å². The number of benzene rings is 2. The first kappa shape index (κ1) is 20.2. The fourth-order valence-electron chi connectivity index (χ4n) is 3.91. The molecular formula is C22H24N4O3S. The number of aromatic nitrogens is 2. The zero-order valence-electron chi connectivity index (χ0n) is 17.2. The summed E-state index contributed by atoms with van der Waals surface area (Å²) >= 11 is 0. The molecule has 1 amide bonds. The summed E-state index contributed by atoms with van der Waals surface area (Å²) in [7, 11) is -3.35. The average molecular weight is 425 g/mol. The van der Waals surface area contributed by atoms with Crippen LogP contribution in [0.1, 0.15) is 34.2 Å². The number of sulfonamides is 1. The normalized spacial score (nSPS) is 15.8. The summed E-state index contributed by atoms with van der Waals surface area (Å²) < 4.78 is 27.6. The highest BCUT2D eigenvalue weighted by atomic mass is 32.2. The second-order valence-corrected chi connectivity index (χ2v) is 9.57. The summed E-state index contributed by atoms with van der Waals surface area (Å²) in [5.74, 6) is 0.731. The number of fused-ring (bicyclic) bond motifs is 1. The van der Waals surface area contributed by atoms with Gasteiger partial charge in [0.25, 0.3) is 5.91 Å². The van der Waals surface area contributed by atoms with Crippen LogP contribution in [0.25, 0.3) is 0 Å². The molecule has 4 rings (SSSR count). The van der Waals surface area contributed by atoms with Crippen LogP contribution in [0.2, 0.25) is 0 Å². The SMILES string of the molecule is Cc1nccn1Cc1ccc(NC(=O)c2ccc3c(c2)CC(C)N3S(C)(=O)=O)cc1. The van der Waals surface area contributed by atoms with Crippen molar-refractivity contribution in [3.63, 3.8) is 0 Å². The van der Waals surface area contributed by atoms with E-state index in [1.165, 1.54) is 10.6 Å². The summed E-state index contributed by atoms with van der Waals surface area (Å²) in [4.78, 5) is 16.9. The summed E-state index contributed by atoms with van der Waals surface area (Å²) in [6.07, 6.45) is 5.50. The van der Waals surface area contributed by atoms with E-state index in [2.05, 4.69) is 14.9 Å². The molecule has 0 spiro atoms. The predicted molar refractivity (Wildman–Crippen MR) is 117 cm³/mol. The van der Waals surface area contributed by atoms with Gasteiger partial charge in [-0.3, -0.25) is 9.10 Å². The Bertz CT molecular complexity index is 1200. The van der Waals surface area contributed by atoms with Gasteiger partial charge in [0, 0.05) is 36.2 Å². The molecule has 1 aromatic heterocycles. The molecule has 1 unspecified atom stereocenters. The molecule has 0 bridgehead atoms. The highest BCUT2D eigenvalue weighted by molar-refractivity contribution is 7.92. The van der Waals surface area contributed by atoms with Crippen LogP contribution in [0.15, 0.2) is 54.9 Å². The molecule has 7 nitrogen and oxygen atoms in total. The smallest absolute Gasteiger partial charge is 0.255 e. The first-order valence-corrected chi connectivity index (χ1v) is 11.6. The topological polar surface area (TPSA) is 84.3 Å². The number of nitrogens with one attached hydrogen (secondary N) is 1. The van der Waals surface area contributed by atoms with Gasteiger partial charge in [0.05, 0.1) is 11.9 Å². The predicted octanol–water partition coefficient (Wildman–Crippen LogP) is 3.20. The van der Waals surface area contributed by atoms with Crippen molar-refractivity contribution in [2.75, 3.05) is 15.9 Å². The maximum atomic E-state index is 12.7. The van der Waals surface area contributed by atoms with E-state index < -0.39 is 10.0 Å². The zero-order valence-corrected chi connectivity index (χ0v) is 18.0. The van der Waals surface area contributed by atoms with E-state index in [1.807, 2.05) is 44.3 Å². The lowest BCUT2D eigenvalue weighted by molar-refractivity contribution is 0.102. The van der Waals surface area contributed by atoms with E-state index in [4.69, 9.17) is 0 Å². The van der Waals surface area contributed by atoms with Gasteiger partial charge in [-0.2, -0.15) is 0 Å². The molecule has 156 valence electrons. The summed E-state index contributed by atoms with van der Waals surface area (Å²) in [5.41, 5.74) is 3.85. The Hall–Kier alpha value is -3.13. The van der Waals surface area contributed by atoms with Crippen molar-refractivity contribution in [3.8, 4) is 0 Å². The molecule has 0 aliphatic carbocycles. The number of imidazole rings is 1. The van der Waals surface area contributed by atoms with Gasteiger partial charge < -0.3 is 9.88 Å². The molecule has 0 saturated heterocycles. The average Bonchev–Trinajstić information content (AvgIpc) is 3.24. The molecule has 0 fully saturated rings. The Morgan fingerprint density at radius 1 is 1.20 bits per heavy atom. The summed E-state index contributed by atoms with van der Waals surface area (Å²) in [6.45, 7) is 4.55. The lowest BCUT2D eigenvalue weighted by Crippen LogP contribution is -2.34. The third-order valence-electron chi connectivity index (χ3n) is 5.34. The first-order valence-electron chi connectivity index (χ1n) is 9.73. The number of aryl methyl sites for hydroxylation is 1. The van der Waals surface area contributed by atoms with Crippen molar-refractivity contribution < 1.29 is 13.2 Å². The number of carbonyl (C=O) groups is 1. The minimum atomic E-state index is -3.35. The number of amides is 1. The van der Waals surface area contributed by atoms with Crippen molar-refractivity contribution in [2.24, 2.45) is 0 Å². The number of hydrogen-bond acceptors (Lipinski definition) is 4. The Kier molecular flexibility index (Phi) is 5.11. The largest absolute Gasteiger partial charge is 0.331 e.